The third kappa shape index (κ3) is 2.71. The Morgan fingerprint density at radius 1 is 1.28 bits per heavy atom. The predicted octanol–water partition coefficient (Wildman–Crippen LogP) is 3.05. The molecule has 0 aromatic carbocycles. The van der Waals surface area contributed by atoms with Crippen LogP contribution in [0.15, 0.2) is 0 Å². The molecule has 1 saturated carbocycles. The van der Waals surface area contributed by atoms with E-state index in [2.05, 4.69) is 24.1 Å². The van der Waals surface area contributed by atoms with Crippen LogP contribution >= 0.6 is 0 Å². The minimum atomic E-state index is -0.169. The molecule has 0 radical (unpaired) electrons. The molecular weight excluding hydrogens is 224 g/mol. The van der Waals surface area contributed by atoms with Gasteiger partial charge in [-0.15, -0.1) is 0 Å². The first kappa shape index (κ1) is 13.9. The Morgan fingerprint density at radius 2 is 2.00 bits per heavy atom. The van der Waals surface area contributed by atoms with Crippen molar-refractivity contribution < 1.29 is 4.79 Å². The van der Waals surface area contributed by atoms with Crippen LogP contribution in [0.4, 0.5) is 0 Å². The summed E-state index contributed by atoms with van der Waals surface area (Å²) >= 11 is 0. The number of hydrogen-bond acceptors (Lipinski definition) is 2. The van der Waals surface area contributed by atoms with Gasteiger partial charge in [-0.2, -0.15) is 0 Å². The van der Waals surface area contributed by atoms with E-state index in [1.165, 1.54) is 38.5 Å². The molecule has 1 saturated heterocycles. The smallest absolute Gasteiger partial charge is 0.244 e. The first-order valence-corrected chi connectivity index (χ1v) is 7.76. The number of unbranched alkanes of at least 4 members (excludes halogenated alkanes) is 3. The van der Waals surface area contributed by atoms with Gasteiger partial charge in [-0.25, -0.2) is 0 Å². The van der Waals surface area contributed by atoms with Gasteiger partial charge < -0.3 is 4.90 Å². The Morgan fingerprint density at radius 3 is 2.67 bits per heavy atom. The molecule has 1 heterocycles. The number of carbonyl (C=O) groups is 1. The lowest BCUT2D eigenvalue weighted by atomic mass is 9.97. The van der Waals surface area contributed by atoms with Crippen LogP contribution in [0.5, 0.6) is 0 Å². The zero-order chi connectivity index (χ0) is 13.0. The molecule has 2 fully saturated rings. The van der Waals surface area contributed by atoms with Gasteiger partial charge in [-0.1, -0.05) is 45.4 Å². The standard InChI is InChI=1S/C15H28N2O/c1-3-4-5-6-9-13(2)17-12-16-15(14(17)18)10-7-8-11-15/h13,16H,3-12H2,1-2H3. The largest absolute Gasteiger partial charge is 0.326 e. The van der Waals surface area contributed by atoms with Gasteiger partial charge in [0.15, 0.2) is 0 Å². The fourth-order valence-electron chi connectivity index (χ4n) is 3.41. The summed E-state index contributed by atoms with van der Waals surface area (Å²) < 4.78 is 0. The van der Waals surface area contributed by atoms with Crippen molar-refractivity contribution in [2.24, 2.45) is 0 Å². The van der Waals surface area contributed by atoms with Gasteiger partial charge >= 0.3 is 0 Å². The predicted molar refractivity (Wildman–Crippen MR) is 74.3 cm³/mol. The van der Waals surface area contributed by atoms with Crippen molar-refractivity contribution >= 4 is 5.91 Å². The maximum atomic E-state index is 12.5. The molecule has 2 aliphatic rings. The summed E-state index contributed by atoms with van der Waals surface area (Å²) in [7, 11) is 0. The van der Waals surface area contributed by atoms with E-state index in [1.54, 1.807) is 0 Å². The van der Waals surface area contributed by atoms with Gasteiger partial charge in [0.1, 0.15) is 0 Å². The zero-order valence-electron chi connectivity index (χ0n) is 12.0. The number of rotatable bonds is 6. The van der Waals surface area contributed by atoms with Gasteiger partial charge in [0.2, 0.25) is 5.91 Å². The minimum absolute atomic E-state index is 0.169. The summed E-state index contributed by atoms with van der Waals surface area (Å²) in [6, 6.07) is 0.404. The lowest BCUT2D eigenvalue weighted by molar-refractivity contribution is -0.134. The van der Waals surface area contributed by atoms with Crippen LogP contribution in [0, 0.1) is 0 Å². The van der Waals surface area contributed by atoms with Crippen molar-refractivity contribution in [1.82, 2.24) is 10.2 Å². The Kier molecular flexibility index (Phi) is 4.66. The van der Waals surface area contributed by atoms with Crippen LogP contribution < -0.4 is 5.32 Å². The SMILES string of the molecule is CCCCCCC(C)N1CNC2(CCCC2)C1=O. The second-order valence-corrected chi connectivity index (χ2v) is 6.10. The fraction of sp³-hybridized carbons (Fsp3) is 0.933. The Balaban J connectivity index is 1.81. The topological polar surface area (TPSA) is 32.3 Å². The minimum Gasteiger partial charge on any atom is -0.326 e. The van der Waals surface area contributed by atoms with Crippen molar-refractivity contribution in [2.45, 2.75) is 83.2 Å². The van der Waals surface area contributed by atoms with Crippen molar-refractivity contribution in [3.63, 3.8) is 0 Å². The first-order chi connectivity index (χ1) is 8.69. The second kappa shape index (κ2) is 6.05. The highest BCUT2D eigenvalue weighted by atomic mass is 16.2. The third-order valence-corrected chi connectivity index (χ3v) is 4.72. The van der Waals surface area contributed by atoms with Gasteiger partial charge in [0.05, 0.1) is 12.2 Å². The Labute approximate surface area is 111 Å². The molecular formula is C15H28N2O. The average molecular weight is 252 g/mol. The van der Waals surface area contributed by atoms with Gasteiger partial charge in [0.25, 0.3) is 0 Å². The quantitative estimate of drug-likeness (QED) is 0.737. The molecule has 18 heavy (non-hydrogen) atoms. The zero-order valence-corrected chi connectivity index (χ0v) is 12.0. The summed E-state index contributed by atoms with van der Waals surface area (Å²) in [5.74, 6) is 0.378. The monoisotopic (exact) mass is 252 g/mol. The molecule has 0 aromatic heterocycles. The molecule has 1 amide bonds. The van der Waals surface area contributed by atoms with E-state index in [0.717, 1.165) is 25.9 Å². The second-order valence-electron chi connectivity index (χ2n) is 6.10. The molecule has 1 aliphatic carbocycles. The summed E-state index contributed by atoms with van der Waals surface area (Å²) in [5, 5.41) is 3.49. The van der Waals surface area contributed by atoms with Gasteiger partial charge in [0, 0.05) is 6.04 Å². The Bertz CT molecular complexity index is 284. The molecule has 3 heteroatoms. The third-order valence-electron chi connectivity index (χ3n) is 4.72. The van der Waals surface area contributed by atoms with Crippen LogP contribution in [0.1, 0.15) is 71.6 Å². The molecule has 0 bridgehead atoms. The van der Waals surface area contributed by atoms with Gasteiger partial charge in [-0.3, -0.25) is 10.1 Å². The van der Waals surface area contributed by atoms with Crippen LogP contribution in [0.2, 0.25) is 0 Å². The van der Waals surface area contributed by atoms with E-state index < -0.39 is 0 Å². The highest BCUT2D eigenvalue weighted by Crippen LogP contribution is 2.35. The molecule has 1 atom stereocenters. The van der Waals surface area contributed by atoms with Crippen molar-refractivity contribution in [3.05, 3.63) is 0 Å². The molecule has 3 nitrogen and oxygen atoms in total. The molecule has 2 rings (SSSR count). The van der Waals surface area contributed by atoms with Crippen LogP contribution in [0.25, 0.3) is 0 Å². The fourth-order valence-corrected chi connectivity index (χ4v) is 3.41. The van der Waals surface area contributed by atoms with Crippen molar-refractivity contribution in [1.29, 1.82) is 0 Å². The van der Waals surface area contributed by atoms with E-state index in [9.17, 15) is 4.79 Å². The lowest BCUT2D eigenvalue weighted by Crippen LogP contribution is -2.45. The number of hydrogen-bond donors (Lipinski definition) is 1. The molecule has 1 N–H and O–H groups in total. The van der Waals surface area contributed by atoms with E-state index >= 15 is 0 Å². The molecule has 1 spiro atoms. The highest BCUT2D eigenvalue weighted by Gasteiger charge is 2.48. The summed E-state index contributed by atoms with van der Waals surface area (Å²) in [5.41, 5.74) is -0.169. The van der Waals surface area contributed by atoms with Gasteiger partial charge in [-0.05, 0) is 26.2 Å². The van der Waals surface area contributed by atoms with E-state index in [0.29, 0.717) is 11.9 Å². The number of nitrogens with zero attached hydrogens (tertiary/aromatic N) is 1. The molecule has 1 unspecified atom stereocenters. The van der Waals surface area contributed by atoms with E-state index in [1.807, 2.05) is 0 Å². The molecule has 1 aliphatic heterocycles. The van der Waals surface area contributed by atoms with E-state index in [-0.39, 0.29) is 5.54 Å². The normalized spacial score (nSPS) is 24.1. The number of carbonyl (C=O) groups excluding carboxylic acids is 1. The van der Waals surface area contributed by atoms with Crippen LogP contribution in [0.3, 0.4) is 0 Å². The molecule has 0 aromatic rings. The molecule has 104 valence electrons. The van der Waals surface area contributed by atoms with Crippen LogP contribution in [-0.2, 0) is 4.79 Å². The highest BCUT2D eigenvalue weighted by molar-refractivity contribution is 5.88. The lowest BCUT2D eigenvalue weighted by Gasteiger charge is -2.26. The average Bonchev–Trinajstić information content (AvgIpc) is 2.96. The maximum Gasteiger partial charge on any atom is 0.244 e. The summed E-state index contributed by atoms with van der Waals surface area (Å²) in [4.78, 5) is 14.6. The summed E-state index contributed by atoms with van der Waals surface area (Å²) in [6.45, 7) is 5.22. The number of nitrogens with one attached hydrogen (secondary N) is 1. The van der Waals surface area contributed by atoms with E-state index in [4.69, 9.17) is 0 Å². The maximum absolute atomic E-state index is 12.5. The van der Waals surface area contributed by atoms with Crippen LogP contribution in [-0.4, -0.2) is 29.1 Å². The van der Waals surface area contributed by atoms with Crippen molar-refractivity contribution in [3.8, 4) is 0 Å². The summed E-state index contributed by atoms with van der Waals surface area (Å²) in [6.07, 6.45) is 10.8. The number of amides is 1. The first-order valence-electron chi connectivity index (χ1n) is 7.76. The Hall–Kier alpha value is -0.570. The van der Waals surface area contributed by atoms with Crippen molar-refractivity contribution in [2.75, 3.05) is 6.67 Å².